The monoisotopic (exact) mass is 1450 g/mol. The van der Waals surface area contributed by atoms with Crippen LogP contribution >= 0.6 is 15.6 Å². The van der Waals surface area contributed by atoms with Crippen molar-refractivity contribution in [1.29, 1.82) is 0 Å². The lowest BCUT2D eigenvalue weighted by molar-refractivity contribution is -0.161. The number of aliphatic hydroxyl groups excluding tert-OH is 1. The number of unbranched alkanes of at least 4 members (excludes halogenated alkanes) is 40. The molecule has 17 nitrogen and oxygen atoms in total. The van der Waals surface area contributed by atoms with Gasteiger partial charge in [-0.25, -0.2) is 9.13 Å². The zero-order valence-corrected chi connectivity index (χ0v) is 66.2. The largest absolute Gasteiger partial charge is 0.472 e. The summed E-state index contributed by atoms with van der Waals surface area (Å²) in [6, 6.07) is 0. The van der Waals surface area contributed by atoms with Crippen molar-refractivity contribution in [2.45, 2.75) is 407 Å². The van der Waals surface area contributed by atoms with E-state index in [-0.39, 0.29) is 25.7 Å². The van der Waals surface area contributed by atoms with Gasteiger partial charge in [-0.3, -0.25) is 37.3 Å². The Bertz CT molecular complexity index is 2020. The first kappa shape index (κ1) is 96.5. The second kappa shape index (κ2) is 69.9. The molecule has 0 aromatic rings. The predicted molar refractivity (Wildman–Crippen MR) is 404 cm³/mol. The van der Waals surface area contributed by atoms with E-state index < -0.39 is 97.5 Å². The van der Waals surface area contributed by atoms with Gasteiger partial charge in [0.15, 0.2) is 12.2 Å². The zero-order chi connectivity index (χ0) is 73.0. The van der Waals surface area contributed by atoms with E-state index >= 15 is 0 Å². The molecule has 3 N–H and O–H groups in total. The number of allylic oxidation sites excluding steroid dienone is 4. The Hall–Kier alpha value is -2.46. The van der Waals surface area contributed by atoms with E-state index in [9.17, 15) is 43.2 Å². The molecule has 0 aromatic heterocycles. The first-order valence-corrected chi connectivity index (χ1v) is 43.7. The zero-order valence-electron chi connectivity index (χ0n) is 64.4. The number of hydrogen-bond donors (Lipinski definition) is 3. The molecule has 0 saturated carbocycles. The highest BCUT2D eigenvalue weighted by Gasteiger charge is 2.30. The summed E-state index contributed by atoms with van der Waals surface area (Å²) in [6.07, 6.45) is 60.5. The molecule has 0 aromatic carbocycles. The third kappa shape index (κ3) is 72.3. The fourth-order valence-corrected chi connectivity index (χ4v) is 13.3. The summed E-state index contributed by atoms with van der Waals surface area (Å²) in [5, 5.41) is 10.6. The number of hydrogen-bond acceptors (Lipinski definition) is 15. The minimum Gasteiger partial charge on any atom is -0.462 e. The summed E-state index contributed by atoms with van der Waals surface area (Å²) in [5.74, 6) is 0.168. The minimum absolute atomic E-state index is 0.101. The number of esters is 4. The van der Waals surface area contributed by atoms with Crippen molar-refractivity contribution in [3.05, 3.63) is 24.3 Å². The van der Waals surface area contributed by atoms with Gasteiger partial charge in [0.25, 0.3) is 0 Å². The Balaban J connectivity index is 5.28. The van der Waals surface area contributed by atoms with E-state index in [4.69, 9.17) is 37.0 Å². The van der Waals surface area contributed by atoms with Crippen molar-refractivity contribution < 1.29 is 80.2 Å². The van der Waals surface area contributed by atoms with Crippen LogP contribution in [0.5, 0.6) is 0 Å². The number of carbonyl (C=O) groups excluding carboxylic acids is 4. The van der Waals surface area contributed by atoms with Crippen molar-refractivity contribution in [3.63, 3.8) is 0 Å². The molecule has 0 aliphatic carbocycles. The lowest BCUT2D eigenvalue weighted by atomic mass is 10.00. The molecule has 0 amide bonds. The van der Waals surface area contributed by atoms with Gasteiger partial charge >= 0.3 is 39.5 Å². The summed E-state index contributed by atoms with van der Waals surface area (Å²) in [6.45, 7) is 11.9. The van der Waals surface area contributed by atoms with E-state index in [0.717, 1.165) is 133 Å². The highest BCUT2D eigenvalue weighted by Crippen LogP contribution is 2.45. The normalized spacial score (nSPS) is 14.4. The second-order valence-corrected chi connectivity index (χ2v) is 32.2. The Labute approximate surface area is 605 Å². The van der Waals surface area contributed by atoms with Crippen LogP contribution in [0.25, 0.3) is 0 Å². The molecule has 3 unspecified atom stereocenters. The molecule has 19 heteroatoms. The third-order valence-corrected chi connectivity index (χ3v) is 20.3. The van der Waals surface area contributed by atoms with Gasteiger partial charge in [-0.15, -0.1) is 0 Å². The van der Waals surface area contributed by atoms with Crippen LogP contribution in [0, 0.1) is 17.8 Å². The lowest BCUT2D eigenvalue weighted by Gasteiger charge is -2.21. The summed E-state index contributed by atoms with van der Waals surface area (Å²) in [7, 11) is -9.93. The van der Waals surface area contributed by atoms with Gasteiger partial charge in [-0.05, 0) is 69.1 Å². The molecule has 0 aliphatic heterocycles. The standard InChI is InChI=1S/C80H152O17P2/c1-8-10-11-12-13-14-15-16-19-23-29-34-39-47-54-61-77(82)90-67-75(96-79(84)63-56-49-40-35-30-24-21-18-17-20-22-27-32-37-44-51-58-71(3)4)69-94-98(86,87)92-65-74(81)66-93-99(88,89)95-70-76(68-91-78(83)62-55-48-43-42-46-53-60-73(7)9-2)97-80(85)64-57-50-41-36-31-26-25-28-33-38-45-52-59-72(5)6/h14-16,19,71-76,81H,8-13,17-18,20-70H2,1-7H3,(H,86,87)(H,88,89)/b15-14-,19-16-/t73?,74-,75-,76-/m1/s1. The quantitative estimate of drug-likeness (QED) is 0.0169. The molecule has 0 saturated heterocycles. The Morgan fingerprint density at radius 3 is 0.899 bits per heavy atom. The van der Waals surface area contributed by atoms with E-state index in [1.54, 1.807) is 0 Å². The van der Waals surface area contributed by atoms with Crippen LogP contribution in [0.2, 0.25) is 0 Å². The van der Waals surface area contributed by atoms with Crippen LogP contribution in [0.4, 0.5) is 0 Å². The number of aliphatic hydroxyl groups is 1. The van der Waals surface area contributed by atoms with Crippen LogP contribution in [-0.4, -0.2) is 96.7 Å². The predicted octanol–water partition coefficient (Wildman–Crippen LogP) is 23.3. The molecule has 0 rings (SSSR count). The van der Waals surface area contributed by atoms with E-state index in [0.29, 0.717) is 25.7 Å². The molecule has 99 heavy (non-hydrogen) atoms. The van der Waals surface area contributed by atoms with Crippen molar-refractivity contribution in [2.24, 2.45) is 17.8 Å². The number of phosphoric acid groups is 2. The summed E-state index contributed by atoms with van der Waals surface area (Å²) in [4.78, 5) is 73.0. The average molecular weight is 1450 g/mol. The van der Waals surface area contributed by atoms with E-state index in [2.05, 4.69) is 72.8 Å². The maximum Gasteiger partial charge on any atom is 0.472 e. The molecule has 0 fully saturated rings. The van der Waals surface area contributed by atoms with E-state index in [1.165, 1.54) is 173 Å². The van der Waals surface area contributed by atoms with Gasteiger partial charge < -0.3 is 33.8 Å². The SMILES string of the molecule is CCCCCC/C=C\C=C/CCCCCCCC(=O)OC[C@H](COP(=O)(O)OC[C@@H](O)COP(=O)(O)OC[C@@H](COC(=O)CCCCCCCCC(C)CC)OC(=O)CCCCCCCCCCCCCCC(C)C)OC(=O)CCCCCCCCCCCCCCCCCCC(C)C. The molecule has 0 heterocycles. The summed E-state index contributed by atoms with van der Waals surface area (Å²) in [5.41, 5.74) is 0. The van der Waals surface area contributed by atoms with E-state index in [1.807, 2.05) is 0 Å². The van der Waals surface area contributed by atoms with Crippen molar-refractivity contribution in [1.82, 2.24) is 0 Å². The molecule has 6 atom stereocenters. The van der Waals surface area contributed by atoms with Gasteiger partial charge in [-0.1, -0.05) is 336 Å². The molecule has 0 spiro atoms. The lowest BCUT2D eigenvalue weighted by Crippen LogP contribution is -2.30. The second-order valence-electron chi connectivity index (χ2n) is 29.3. The highest BCUT2D eigenvalue weighted by molar-refractivity contribution is 7.47. The molecule has 0 radical (unpaired) electrons. The van der Waals surface area contributed by atoms with Crippen LogP contribution in [0.3, 0.4) is 0 Å². The molecule has 0 bridgehead atoms. The number of ether oxygens (including phenoxy) is 4. The Morgan fingerprint density at radius 1 is 0.333 bits per heavy atom. The molecule has 584 valence electrons. The van der Waals surface area contributed by atoms with Gasteiger partial charge in [0, 0.05) is 25.7 Å². The highest BCUT2D eigenvalue weighted by atomic mass is 31.2. The molecular weight excluding hydrogens is 1290 g/mol. The van der Waals surface area contributed by atoms with Gasteiger partial charge in [0.1, 0.15) is 19.3 Å². The van der Waals surface area contributed by atoms with Crippen LogP contribution in [0.1, 0.15) is 389 Å². The Morgan fingerprint density at radius 2 is 0.596 bits per heavy atom. The molecule has 0 aliphatic rings. The maximum atomic E-state index is 13.1. The van der Waals surface area contributed by atoms with Crippen molar-refractivity contribution in [3.8, 4) is 0 Å². The third-order valence-electron chi connectivity index (χ3n) is 18.4. The van der Waals surface area contributed by atoms with Crippen molar-refractivity contribution >= 4 is 39.5 Å². The summed E-state index contributed by atoms with van der Waals surface area (Å²) < 4.78 is 68.6. The average Bonchev–Trinajstić information content (AvgIpc) is 1.11. The van der Waals surface area contributed by atoms with Crippen LogP contribution in [-0.2, 0) is 65.4 Å². The first-order valence-electron chi connectivity index (χ1n) is 40.7. The minimum atomic E-state index is -4.97. The smallest absolute Gasteiger partial charge is 0.462 e. The topological polar surface area (TPSA) is 237 Å². The summed E-state index contributed by atoms with van der Waals surface area (Å²) >= 11 is 0. The van der Waals surface area contributed by atoms with Crippen LogP contribution < -0.4 is 0 Å². The van der Waals surface area contributed by atoms with Crippen molar-refractivity contribution in [2.75, 3.05) is 39.6 Å². The first-order chi connectivity index (χ1) is 47.8. The van der Waals surface area contributed by atoms with Gasteiger partial charge in [0.2, 0.25) is 0 Å². The molecular formula is C80H152O17P2. The fourth-order valence-electron chi connectivity index (χ4n) is 11.7. The number of carbonyl (C=O) groups is 4. The van der Waals surface area contributed by atoms with Gasteiger partial charge in [0.05, 0.1) is 26.4 Å². The number of phosphoric ester groups is 2. The Kier molecular flexibility index (Phi) is 68.1. The van der Waals surface area contributed by atoms with Crippen LogP contribution in [0.15, 0.2) is 24.3 Å². The van der Waals surface area contributed by atoms with Gasteiger partial charge in [-0.2, -0.15) is 0 Å². The fraction of sp³-hybridized carbons (Fsp3) is 0.900. The maximum absolute atomic E-state index is 13.1. The number of rotatable bonds is 76.